The highest BCUT2D eigenvalue weighted by molar-refractivity contribution is 5.91. The fourth-order valence-corrected chi connectivity index (χ4v) is 1.91. The van der Waals surface area contributed by atoms with Crippen LogP contribution in [0.1, 0.15) is 0 Å². The van der Waals surface area contributed by atoms with Crippen LogP contribution >= 0.6 is 0 Å². The van der Waals surface area contributed by atoms with E-state index >= 15 is 0 Å². The molecule has 0 aliphatic heterocycles. The molecule has 0 radical (unpaired) electrons. The number of fused-ring (bicyclic) bond motifs is 1. The minimum atomic E-state index is 0.500. The summed E-state index contributed by atoms with van der Waals surface area (Å²) in [7, 11) is 1.90. The number of nitrogen functional groups attached to an aromatic ring is 1. The molecule has 0 aliphatic carbocycles. The number of aromatic nitrogens is 3. The lowest BCUT2D eigenvalue weighted by Gasteiger charge is -2.05. The highest BCUT2D eigenvalue weighted by Gasteiger charge is 2.08. The number of anilines is 3. The first-order chi connectivity index (χ1) is 8.75. The van der Waals surface area contributed by atoms with Crippen LogP contribution in [0.15, 0.2) is 42.6 Å². The topological polar surface area (TPSA) is 68.8 Å². The molecular weight excluding hydrogens is 226 g/mol. The average Bonchev–Trinajstić information content (AvgIpc) is 2.69. The van der Waals surface area contributed by atoms with Crippen molar-refractivity contribution in [2.75, 3.05) is 11.1 Å². The normalized spacial score (nSPS) is 10.7. The van der Waals surface area contributed by atoms with Crippen molar-refractivity contribution in [3.63, 3.8) is 0 Å². The van der Waals surface area contributed by atoms with Crippen molar-refractivity contribution >= 4 is 28.5 Å². The van der Waals surface area contributed by atoms with Crippen molar-refractivity contribution in [3.8, 4) is 0 Å². The van der Waals surface area contributed by atoms with Crippen LogP contribution in [0.3, 0.4) is 0 Å². The van der Waals surface area contributed by atoms with E-state index in [9.17, 15) is 0 Å². The van der Waals surface area contributed by atoms with Gasteiger partial charge >= 0.3 is 0 Å². The summed E-state index contributed by atoms with van der Waals surface area (Å²) in [6.45, 7) is 0. The Labute approximate surface area is 104 Å². The first-order valence-electron chi connectivity index (χ1n) is 5.64. The maximum absolute atomic E-state index is 5.82. The van der Waals surface area contributed by atoms with Crippen LogP contribution < -0.4 is 11.1 Å². The fraction of sp³-hybridized carbons (Fsp3) is 0.0769. The number of pyridine rings is 1. The van der Waals surface area contributed by atoms with Crippen LogP contribution in [0.25, 0.3) is 11.0 Å². The van der Waals surface area contributed by atoms with E-state index in [1.54, 1.807) is 6.20 Å². The van der Waals surface area contributed by atoms with Crippen molar-refractivity contribution in [2.45, 2.75) is 0 Å². The summed E-state index contributed by atoms with van der Waals surface area (Å²) in [6.07, 6.45) is 1.75. The van der Waals surface area contributed by atoms with Crippen LogP contribution in [0, 0.1) is 0 Å². The van der Waals surface area contributed by atoms with E-state index in [0.717, 1.165) is 22.5 Å². The fourth-order valence-electron chi connectivity index (χ4n) is 1.91. The van der Waals surface area contributed by atoms with Gasteiger partial charge in [-0.05, 0) is 24.3 Å². The highest BCUT2D eigenvalue weighted by Crippen LogP contribution is 2.26. The van der Waals surface area contributed by atoms with Gasteiger partial charge in [0.1, 0.15) is 11.3 Å². The SMILES string of the molecule is Cn1c(N)nc2c(Nc3ccccn3)cccc21. The van der Waals surface area contributed by atoms with Crippen LogP contribution in [0.5, 0.6) is 0 Å². The molecule has 3 N–H and O–H groups in total. The molecule has 3 aromatic rings. The third-order valence-electron chi connectivity index (χ3n) is 2.87. The van der Waals surface area contributed by atoms with Gasteiger partial charge in [-0.3, -0.25) is 0 Å². The third kappa shape index (κ3) is 1.66. The zero-order chi connectivity index (χ0) is 12.5. The van der Waals surface area contributed by atoms with E-state index in [1.807, 2.05) is 48.0 Å². The van der Waals surface area contributed by atoms with Gasteiger partial charge in [-0.2, -0.15) is 0 Å². The molecule has 0 saturated heterocycles. The number of hydrogen-bond acceptors (Lipinski definition) is 4. The third-order valence-corrected chi connectivity index (χ3v) is 2.87. The summed E-state index contributed by atoms with van der Waals surface area (Å²) in [5, 5.41) is 3.24. The van der Waals surface area contributed by atoms with Gasteiger partial charge < -0.3 is 15.6 Å². The lowest BCUT2D eigenvalue weighted by Crippen LogP contribution is -1.95. The lowest BCUT2D eigenvalue weighted by molar-refractivity contribution is 0.965. The number of nitrogens with zero attached hydrogens (tertiary/aromatic N) is 3. The quantitative estimate of drug-likeness (QED) is 0.720. The molecule has 0 unspecified atom stereocenters. The minimum Gasteiger partial charge on any atom is -0.369 e. The molecule has 0 spiro atoms. The summed E-state index contributed by atoms with van der Waals surface area (Å²) in [6, 6.07) is 11.6. The molecule has 3 rings (SSSR count). The Morgan fingerprint density at radius 2 is 2.06 bits per heavy atom. The standard InChI is InChI=1S/C13H13N5/c1-18-10-6-4-5-9(12(10)17-13(18)14)16-11-7-2-3-8-15-11/h2-8H,1H3,(H2,14,17)(H,15,16). The first-order valence-corrected chi connectivity index (χ1v) is 5.64. The van der Waals surface area contributed by atoms with Gasteiger partial charge in [0, 0.05) is 13.2 Å². The Bertz CT molecular complexity index is 687. The minimum absolute atomic E-state index is 0.500. The largest absolute Gasteiger partial charge is 0.369 e. The Morgan fingerprint density at radius 3 is 2.83 bits per heavy atom. The maximum atomic E-state index is 5.82. The number of nitrogens with one attached hydrogen (secondary N) is 1. The molecule has 5 nitrogen and oxygen atoms in total. The van der Waals surface area contributed by atoms with E-state index in [4.69, 9.17) is 5.73 Å². The number of aryl methyl sites for hydroxylation is 1. The van der Waals surface area contributed by atoms with Crippen molar-refractivity contribution in [3.05, 3.63) is 42.6 Å². The molecule has 0 saturated carbocycles. The van der Waals surface area contributed by atoms with E-state index < -0.39 is 0 Å². The molecule has 0 bridgehead atoms. The van der Waals surface area contributed by atoms with Gasteiger partial charge in [0.15, 0.2) is 0 Å². The number of benzene rings is 1. The Hall–Kier alpha value is -2.56. The number of rotatable bonds is 2. The Kier molecular flexibility index (Phi) is 2.37. The second-order valence-electron chi connectivity index (χ2n) is 4.04. The molecule has 18 heavy (non-hydrogen) atoms. The Morgan fingerprint density at radius 1 is 1.17 bits per heavy atom. The van der Waals surface area contributed by atoms with Crippen molar-refractivity contribution < 1.29 is 0 Å². The molecule has 90 valence electrons. The monoisotopic (exact) mass is 239 g/mol. The lowest BCUT2D eigenvalue weighted by atomic mass is 10.2. The second kappa shape index (κ2) is 4.03. The maximum Gasteiger partial charge on any atom is 0.201 e. The summed E-state index contributed by atoms with van der Waals surface area (Å²) >= 11 is 0. The van der Waals surface area contributed by atoms with E-state index in [0.29, 0.717) is 5.95 Å². The summed E-state index contributed by atoms with van der Waals surface area (Å²) < 4.78 is 1.86. The molecule has 0 fully saturated rings. The van der Waals surface area contributed by atoms with Crippen LogP contribution in [-0.2, 0) is 7.05 Å². The van der Waals surface area contributed by atoms with E-state index in [-0.39, 0.29) is 0 Å². The smallest absolute Gasteiger partial charge is 0.201 e. The second-order valence-corrected chi connectivity index (χ2v) is 4.04. The zero-order valence-corrected chi connectivity index (χ0v) is 9.96. The van der Waals surface area contributed by atoms with Crippen molar-refractivity contribution in [2.24, 2.45) is 7.05 Å². The number of nitrogens with two attached hydrogens (primary N) is 1. The molecule has 2 aromatic heterocycles. The van der Waals surface area contributed by atoms with Crippen LogP contribution in [0.2, 0.25) is 0 Å². The Balaban J connectivity index is 2.10. The molecule has 0 amide bonds. The van der Waals surface area contributed by atoms with Gasteiger partial charge in [0.2, 0.25) is 5.95 Å². The van der Waals surface area contributed by atoms with Crippen molar-refractivity contribution in [1.29, 1.82) is 0 Å². The van der Waals surface area contributed by atoms with Gasteiger partial charge in [-0.25, -0.2) is 9.97 Å². The zero-order valence-electron chi connectivity index (χ0n) is 9.96. The highest BCUT2D eigenvalue weighted by atomic mass is 15.1. The predicted molar refractivity (Wildman–Crippen MR) is 72.6 cm³/mol. The van der Waals surface area contributed by atoms with E-state index in [1.165, 1.54) is 0 Å². The molecule has 0 aliphatic rings. The molecule has 5 heteroatoms. The van der Waals surface area contributed by atoms with Gasteiger partial charge in [-0.1, -0.05) is 12.1 Å². The number of imidazole rings is 1. The molecule has 1 aromatic carbocycles. The average molecular weight is 239 g/mol. The first kappa shape index (κ1) is 10.6. The van der Waals surface area contributed by atoms with E-state index in [2.05, 4.69) is 15.3 Å². The number of para-hydroxylation sites is 1. The predicted octanol–water partition coefficient (Wildman–Crippen LogP) is 2.29. The number of hydrogen-bond donors (Lipinski definition) is 2. The van der Waals surface area contributed by atoms with Gasteiger partial charge in [-0.15, -0.1) is 0 Å². The van der Waals surface area contributed by atoms with Gasteiger partial charge in [0.05, 0.1) is 11.2 Å². The molecular formula is C13H13N5. The van der Waals surface area contributed by atoms with Gasteiger partial charge in [0.25, 0.3) is 0 Å². The summed E-state index contributed by atoms with van der Waals surface area (Å²) in [5.74, 6) is 1.29. The van der Waals surface area contributed by atoms with Crippen LogP contribution in [-0.4, -0.2) is 14.5 Å². The molecule has 0 atom stereocenters. The summed E-state index contributed by atoms with van der Waals surface area (Å²) in [4.78, 5) is 8.59. The summed E-state index contributed by atoms with van der Waals surface area (Å²) in [5.41, 5.74) is 8.57. The van der Waals surface area contributed by atoms with Crippen LogP contribution in [0.4, 0.5) is 17.5 Å². The molecule has 2 heterocycles. The van der Waals surface area contributed by atoms with Crippen molar-refractivity contribution in [1.82, 2.24) is 14.5 Å².